The lowest BCUT2D eigenvalue weighted by Gasteiger charge is -2.28. The van der Waals surface area contributed by atoms with Gasteiger partial charge in [-0.1, -0.05) is 18.2 Å². The molecular weight excluding hydrogens is 429 g/mol. The van der Waals surface area contributed by atoms with Gasteiger partial charge in [0.25, 0.3) is 0 Å². The molecule has 164 valence electrons. The number of alkyl halides is 1. The second kappa shape index (κ2) is 8.21. The van der Waals surface area contributed by atoms with Crippen molar-refractivity contribution < 1.29 is 9.18 Å². The zero-order chi connectivity index (χ0) is 22.1. The number of nitrogens with zero attached hydrogens (tertiary/aromatic N) is 3. The van der Waals surface area contributed by atoms with Gasteiger partial charge in [-0.3, -0.25) is 4.98 Å². The molecule has 8 nitrogen and oxygen atoms in total. The van der Waals surface area contributed by atoms with E-state index in [0.29, 0.717) is 31.0 Å². The van der Waals surface area contributed by atoms with Gasteiger partial charge in [-0.25, -0.2) is 15.1 Å². The number of nitrogens with one attached hydrogen (secondary N) is 3. The Bertz CT molecular complexity index is 1240. The lowest BCUT2D eigenvalue weighted by molar-refractivity contribution is 0.101. The molecule has 1 aromatic carbocycles. The van der Waals surface area contributed by atoms with Crippen LogP contribution in [0.1, 0.15) is 4.88 Å². The molecule has 1 unspecified atom stereocenters. The predicted octanol–water partition coefficient (Wildman–Crippen LogP) is 2.76. The SMILES string of the molecule is Nc1cnccc1-c1cccc2cc(C3=CC=NC(F)(NCCN4CCNC4=O)N3)sc12. The van der Waals surface area contributed by atoms with Crippen molar-refractivity contribution in [1.29, 1.82) is 0 Å². The van der Waals surface area contributed by atoms with Crippen molar-refractivity contribution in [2.45, 2.75) is 6.04 Å². The number of anilines is 1. The molecule has 0 aliphatic carbocycles. The summed E-state index contributed by atoms with van der Waals surface area (Å²) in [6.45, 7) is 1.89. The minimum Gasteiger partial charge on any atom is -0.397 e. The number of nitrogens with two attached hydrogens (primary N) is 1. The van der Waals surface area contributed by atoms with Gasteiger partial charge in [0.1, 0.15) is 0 Å². The van der Waals surface area contributed by atoms with E-state index in [0.717, 1.165) is 26.1 Å². The third kappa shape index (κ3) is 3.90. The predicted molar refractivity (Wildman–Crippen MR) is 126 cm³/mol. The van der Waals surface area contributed by atoms with Gasteiger partial charge in [0.2, 0.25) is 0 Å². The number of rotatable bonds is 6. The van der Waals surface area contributed by atoms with E-state index in [1.807, 2.05) is 30.3 Å². The normalized spacial score (nSPS) is 20.3. The van der Waals surface area contributed by atoms with Crippen LogP contribution >= 0.6 is 11.3 Å². The summed E-state index contributed by atoms with van der Waals surface area (Å²) in [5.74, 6) is 0. The number of nitrogen functional groups attached to an aromatic ring is 1. The van der Waals surface area contributed by atoms with Crippen molar-refractivity contribution in [3.63, 3.8) is 0 Å². The first kappa shape index (κ1) is 20.4. The van der Waals surface area contributed by atoms with E-state index in [9.17, 15) is 4.79 Å². The van der Waals surface area contributed by atoms with Crippen LogP contribution in [-0.2, 0) is 0 Å². The van der Waals surface area contributed by atoms with Crippen molar-refractivity contribution >= 4 is 45.1 Å². The Morgan fingerprint density at radius 3 is 3.03 bits per heavy atom. The van der Waals surface area contributed by atoms with Crippen LogP contribution in [0.15, 0.2) is 53.8 Å². The van der Waals surface area contributed by atoms with Crippen LogP contribution in [0.25, 0.3) is 26.9 Å². The highest BCUT2D eigenvalue weighted by atomic mass is 32.1. The summed E-state index contributed by atoms with van der Waals surface area (Å²) in [5, 5.41) is 9.40. The van der Waals surface area contributed by atoms with Crippen LogP contribution < -0.4 is 21.7 Å². The number of benzene rings is 1. The Labute approximate surface area is 188 Å². The molecule has 2 aromatic heterocycles. The average molecular weight is 452 g/mol. The van der Waals surface area contributed by atoms with Gasteiger partial charge in [-0.05, 0) is 23.6 Å². The molecule has 0 spiro atoms. The number of pyridine rings is 1. The average Bonchev–Trinajstić information content (AvgIpc) is 3.40. The van der Waals surface area contributed by atoms with E-state index >= 15 is 4.39 Å². The van der Waals surface area contributed by atoms with Gasteiger partial charge in [0, 0.05) is 54.4 Å². The fourth-order valence-electron chi connectivity index (χ4n) is 3.84. The fourth-order valence-corrected chi connectivity index (χ4v) is 5.01. The molecule has 2 amide bonds. The molecule has 32 heavy (non-hydrogen) atoms. The molecule has 2 aliphatic rings. The minimum atomic E-state index is -2.14. The highest BCUT2D eigenvalue weighted by molar-refractivity contribution is 7.20. The fraction of sp³-hybridized carbons (Fsp3) is 0.227. The molecule has 0 saturated carbocycles. The van der Waals surface area contributed by atoms with Crippen molar-refractivity contribution in [2.75, 3.05) is 31.9 Å². The van der Waals surface area contributed by atoms with Crippen LogP contribution in [0.2, 0.25) is 0 Å². The van der Waals surface area contributed by atoms with Gasteiger partial charge >= 0.3 is 12.1 Å². The molecule has 10 heteroatoms. The van der Waals surface area contributed by atoms with E-state index in [-0.39, 0.29) is 12.6 Å². The molecule has 2 aliphatic heterocycles. The number of amides is 2. The topological polar surface area (TPSA) is 108 Å². The zero-order valence-corrected chi connectivity index (χ0v) is 18.0. The number of hydrogen-bond acceptors (Lipinski definition) is 7. The molecular formula is C22H22FN7OS. The number of thiophene rings is 1. The van der Waals surface area contributed by atoms with Crippen LogP contribution in [0, 0.1) is 0 Å². The summed E-state index contributed by atoms with van der Waals surface area (Å²) in [6, 6.07) is 7.67. The number of allylic oxidation sites excluding steroid dienone is 1. The molecule has 1 atom stereocenters. The van der Waals surface area contributed by atoms with Crippen molar-refractivity contribution in [3.05, 3.63) is 53.7 Å². The molecule has 0 bridgehead atoms. The summed E-state index contributed by atoms with van der Waals surface area (Å²) < 4.78 is 16.4. The Morgan fingerprint density at radius 1 is 1.31 bits per heavy atom. The highest BCUT2D eigenvalue weighted by Crippen LogP contribution is 2.39. The van der Waals surface area contributed by atoms with Crippen molar-refractivity contribution in [1.82, 2.24) is 25.8 Å². The standard InChI is InChI=1S/C22H22FN7OS/c23-22(28-9-11-30-10-8-26-21(30)31)27-7-5-18(29-22)19-12-14-2-1-3-16(20(14)32-19)15-4-6-25-13-17(15)24/h1-7,12-13,28-29H,8-11,24H2,(H,26,31). The second-order valence-electron chi connectivity index (χ2n) is 7.55. The molecule has 5 N–H and O–H groups in total. The third-order valence-electron chi connectivity index (χ3n) is 5.43. The first-order valence-corrected chi connectivity index (χ1v) is 11.1. The zero-order valence-electron chi connectivity index (χ0n) is 17.1. The molecule has 5 rings (SSSR count). The van der Waals surface area contributed by atoms with Gasteiger partial charge in [-0.15, -0.1) is 11.3 Å². The van der Waals surface area contributed by atoms with Gasteiger partial charge < -0.3 is 21.3 Å². The number of carbonyl (C=O) groups excluding carboxylic acids is 1. The number of aromatic nitrogens is 1. The summed E-state index contributed by atoms with van der Waals surface area (Å²) in [4.78, 5) is 22.2. The number of fused-ring (bicyclic) bond motifs is 1. The lowest BCUT2D eigenvalue weighted by atomic mass is 10.0. The van der Waals surface area contributed by atoms with Gasteiger partial charge in [0.15, 0.2) is 0 Å². The molecule has 0 radical (unpaired) electrons. The van der Waals surface area contributed by atoms with E-state index in [2.05, 4.69) is 25.9 Å². The third-order valence-corrected chi connectivity index (χ3v) is 6.65. The Hall–Kier alpha value is -3.50. The number of hydrogen-bond donors (Lipinski definition) is 4. The Kier molecular flexibility index (Phi) is 5.24. The monoisotopic (exact) mass is 451 g/mol. The number of halogens is 1. The summed E-state index contributed by atoms with van der Waals surface area (Å²) in [6.07, 6.45) is 6.56. The van der Waals surface area contributed by atoms with Crippen LogP contribution in [-0.4, -0.2) is 54.3 Å². The van der Waals surface area contributed by atoms with Crippen LogP contribution in [0.4, 0.5) is 14.9 Å². The van der Waals surface area contributed by atoms with E-state index in [1.165, 1.54) is 6.21 Å². The van der Waals surface area contributed by atoms with Crippen LogP contribution in [0.3, 0.4) is 0 Å². The largest absolute Gasteiger partial charge is 0.397 e. The summed E-state index contributed by atoms with van der Waals surface area (Å²) in [7, 11) is 0. The van der Waals surface area contributed by atoms with E-state index < -0.39 is 6.04 Å². The molecule has 4 heterocycles. The molecule has 1 saturated heterocycles. The summed E-state index contributed by atoms with van der Waals surface area (Å²) >= 11 is 1.56. The van der Waals surface area contributed by atoms with Crippen LogP contribution in [0.5, 0.6) is 0 Å². The Morgan fingerprint density at radius 2 is 2.22 bits per heavy atom. The lowest BCUT2D eigenvalue weighted by Crippen LogP contribution is -2.54. The first-order valence-electron chi connectivity index (χ1n) is 10.3. The first-order chi connectivity index (χ1) is 15.5. The van der Waals surface area contributed by atoms with E-state index in [4.69, 9.17) is 5.73 Å². The quantitative estimate of drug-likeness (QED) is 0.431. The van der Waals surface area contributed by atoms with Crippen molar-refractivity contribution in [2.24, 2.45) is 4.99 Å². The number of carbonyl (C=O) groups is 1. The number of aliphatic imine (C=N–C) groups is 1. The van der Waals surface area contributed by atoms with Gasteiger partial charge in [-0.2, -0.15) is 4.39 Å². The Balaban J connectivity index is 1.36. The van der Waals surface area contributed by atoms with E-state index in [1.54, 1.807) is 34.7 Å². The maximum absolute atomic E-state index is 15.3. The molecule has 1 fully saturated rings. The van der Waals surface area contributed by atoms with Crippen molar-refractivity contribution in [3.8, 4) is 11.1 Å². The maximum atomic E-state index is 15.3. The summed E-state index contributed by atoms with van der Waals surface area (Å²) in [5.41, 5.74) is 9.31. The molecule has 3 aromatic rings. The maximum Gasteiger partial charge on any atom is 0.337 e. The minimum absolute atomic E-state index is 0.128. The smallest absolute Gasteiger partial charge is 0.337 e. The second-order valence-corrected chi connectivity index (χ2v) is 8.60. The highest BCUT2D eigenvalue weighted by Gasteiger charge is 2.31. The number of urea groups is 1. The van der Waals surface area contributed by atoms with Gasteiger partial charge in [0.05, 0.1) is 22.5 Å².